The SMILES string of the molecule is O=C(O)CSc1n[nH]c(CCOCC(F)F)n1. The number of carbonyl (C=O) groups is 1. The van der Waals surface area contributed by atoms with Crippen LogP contribution in [0.1, 0.15) is 5.82 Å². The summed E-state index contributed by atoms with van der Waals surface area (Å²) >= 11 is 0.980. The van der Waals surface area contributed by atoms with Crippen LogP contribution >= 0.6 is 11.8 Å². The maximum absolute atomic E-state index is 11.7. The van der Waals surface area contributed by atoms with Crippen molar-refractivity contribution in [2.45, 2.75) is 18.0 Å². The van der Waals surface area contributed by atoms with Crippen molar-refractivity contribution in [1.29, 1.82) is 0 Å². The lowest BCUT2D eigenvalue weighted by atomic mass is 10.4. The van der Waals surface area contributed by atoms with E-state index in [4.69, 9.17) is 5.11 Å². The molecular formula is C8H11F2N3O3S. The Morgan fingerprint density at radius 3 is 3.00 bits per heavy atom. The standard InChI is InChI=1S/C8H11F2N3O3S/c9-5(10)3-16-2-1-6-11-8(13-12-6)17-4-7(14)15/h5H,1-4H2,(H,14,15)(H,11,12,13). The highest BCUT2D eigenvalue weighted by Gasteiger charge is 2.07. The molecule has 2 N–H and O–H groups in total. The van der Waals surface area contributed by atoms with E-state index in [1.807, 2.05) is 0 Å². The van der Waals surface area contributed by atoms with Crippen molar-refractivity contribution in [2.75, 3.05) is 19.0 Å². The highest BCUT2D eigenvalue weighted by molar-refractivity contribution is 7.99. The van der Waals surface area contributed by atoms with E-state index in [1.54, 1.807) is 0 Å². The molecule has 0 radical (unpaired) electrons. The van der Waals surface area contributed by atoms with Crippen molar-refractivity contribution in [2.24, 2.45) is 0 Å². The fraction of sp³-hybridized carbons (Fsp3) is 0.625. The van der Waals surface area contributed by atoms with Gasteiger partial charge in [-0.05, 0) is 0 Å². The molecule has 17 heavy (non-hydrogen) atoms. The van der Waals surface area contributed by atoms with Crippen LogP contribution in [0.25, 0.3) is 0 Å². The van der Waals surface area contributed by atoms with Crippen molar-refractivity contribution in [3.63, 3.8) is 0 Å². The number of carboxylic acids is 1. The molecule has 0 aliphatic carbocycles. The van der Waals surface area contributed by atoms with Crippen LogP contribution in [0.4, 0.5) is 8.78 Å². The van der Waals surface area contributed by atoms with Gasteiger partial charge in [-0.3, -0.25) is 9.89 Å². The summed E-state index contributed by atoms with van der Waals surface area (Å²) in [7, 11) is 0. The molecule has 0 aliphatic rings. The molecule has 0 aromatic carbocycles. The van der Waals surface area contributed by atoms with Gasteiger partial charge in [0.05, 0.1) is 12.4 Å². The van der Waals surface area contributed by atoms with E-state index in [2.05, 4.69) is 19.9 Å². The first-order chi connectivity index (χ1) is 8.08. The van der Waals surface area contributed by atoms with Gasteiger partial charge in [-0.1, -0.05) is 11.8 Å². The van der Waals surface area contributed by atoms with Gasteiger partial charge in [0.2, 0.25) is 5.16 Å². The van der Waals surface area contributed by atoms with Gasteiger partial charge < -0.3 is 9.84 Å². The Labute approximate surface area is 99.8 Å². The summed E-state index contributed by atoms with van der Waals surface area (Å²) in [6.07, 6.45) is -2.15. The molecular weight excluding hydrogens is 256 g/mol. The van der Waals surface area contributed by atoms with E-state index in [0.29, 0.717) is 17.4 Å². The van der Waals surface area contributed by atoms with Crippen molar-refractivity contribution in [3.05, 3.63) is 5.82 Å². The molecule has 1 aromatic heterocycles. The third-order valence-electron chi connectivity index (χ3n) is 1.56. The summed E-state index contributed by atoms with van der Waals surface area (Å²) < 4.78 is 28.1. The minimum absolute atomic E-state index is 0.114. The Kier molecular flexibility index (Phi) is 5.84. The van der Waals surface area contributed by atoms with Crippen LogP contribution < -0.4 is 0 Å². The van der Waals surface area contributed by atoms with Crippen LogP contribution in [0.15, 0.2) is 5.16 Å². The molecule has 0 atom stereocenters. The number of hydrogen-bond donors (Lipinski definition) is 2. The van der Waals surface area contributed by atoms with Gasteiger partial charge in [0.15, 0.2) is 0 Å². The van der Waals surface area contributed by atoms with Gasteiger partial charge in [0, 0.05) is 6.42 Å². The number of thioether (sulfide) groups is 1. The number of hydrogen-bond acceptors (Lipinski definition) is 5. The maximum Gasteiger partial charge on any atom is 0.313 e. The van der Waals surface area contributed by atoms with Crippen LogP contribution in [0, 0.1) is 0 Å². The zero-order valence-electron chi connectivity index (χ0n) is 8.73. The van der Waals surface area contributed by atoms with Crippen LogP contribution in [-0.4, -0.2) is 51.6 Å². The van der Waals surface area contributed by atoms with E-state index < -0.39 is 19.0 Å². The normalized spacial score (nSPS) is 11.0. The number of nitrogens with one attached hydrogen (secondary N) is 1. The van der Waals surface area contributed by atoms with Crippen LogP contribution in [-0.2, 0) is 16.0 Å². The average molecular weight is 267 g/mol. The summed E-state index contributed by atoms with van der Waals surface area (Å²) in [5.74, 6) is -0.604. The summed E-state index contributed by atoms with van der Waals surface area (Å²) in [6.45, 7) is -0.489. The smallest absolute Gasteiger partial charge is 0.313 e. The number of nitrogens with zero attached hydrogens (tertiary/aromatic N) is 2. The fourth-order valence-electron chi connectivity index (χ4n) is 0.922. The topological polar surface area (TPSA) is 88.1 Å². The number of halogens is 2. The first-order valence-electron chi connectivity index (χ1n) is 4.69. The predicted molar refractivity (Wildman–Crippen MR) is 55.3 cm³/mol. The second-order valence-electron chi connectivity index (χ2n) is 2.96. The van der Waals surface area contributed by atoms with E-state index in [9.17, 15) is 13.6 Å². The van der Waals surface area contributed by atoms with Gasteiger partial charge in [-0.2, -0.15) is 0 Å². The molecule has 96 valence electrons. The lowest BCUT2D eigenvalue weighted by molar-refractivity contribution is -0.133. The molecule has 0 unspecified atom stereocenters. The largest absolute Gasteiger partial charge is 0.481 e. The van der Waals surface area contributed by atoms with Crippen LogP contribution in [0.2, 0.25) is 0 Å². The Balaban J connectivity index is 2.23. The van der Waals surface area contributed by atoms with Gasteiger partial charge in [-0.15, -0.1) is 5.10 Å². The molecule has 0 spiro atoms. The molecule has 1 heterocycles. The van der Waals surface area contributed by atoms with E-state index in [1.165, 1.54) is 0 Å². The third kappa shape index (κ3) is 6.17. The molecule has 1 rings (SSSR count). The van der Waals surface area contributed by atoms with Gasteiger partial charge in [0.25, 0.3) is 6.43 Å². The fourth-order valence-corrected chi connectivity index (χ4v) is 1.46. The summed E-state index contributed by atoms with van der Waals surface area (Å²) in [4.78, 5) is 14.2. The maximum atomic E-state index is 11.7. The highest BCUT2D eigenvalue weighted by atomic mass is 32.2. The molecule has 1 aromatic rings. The molecule has 0 aliphatic heterocycles. The van der Waals surface area contributed by atoms with Gasteiger partial charge in [-0.25, -0.2) is 13.8 Å². The van der Waals surface area contributed by atoms with Gasteiger partial charge >= 0.3 is 5.97 Å². The molecule has 6 nitrogen and oxygen atoms in total. The van der Waals surface area contributed by atoms with Crippen molar-refractivity contribution >= 4 is 17.7 Å². The molecule has 9 heteroatoms. The second-order valence-corrected chi connectivity index (χ2v) is 3.91. The highest BCUT2D eigenvalue weighted by Crippen LogP contribution is 2.11. The van der Waals surface area contributed by atoms with Crippen molar-refractivity contribution in [3.8, 4) is 0 Å². The predicted octanol–water partition coefficient (Wildman–Crippen LogP) is 0.806. The summed E-state index contributed by atoms with van der Waals surface area (Å²) in [6, 6.07) is 0. The van der Waals surface area contributed by atoms with Crippen molar-refractivity contribution < 1.29 is 23.4 Å². The quantitative estimate of drug-likeness (QED) is 0.535. The summed E-state index contributed by atoms with van der Waals surface area (Å²) in [5, 5.41) is 15.1. The summed E-state index contributed by atoms with van der Waals surface area (Å²) in [5.41, 5.74) is 0. The van der Waals surface area contributed by atoms with E-state index in [-0.39, 0.29) is 12.4 Å². The minimum atomic E-state index is -2.48. The van der Waals surface area contributed by atoms with Gasteiger partial charge in [0.1, 0.15) is 12.4 Å². The number of rotatable bonds is 8. The number of H-pyrrole nitrogens is 1. The molecule has 0 bridgehead atoms. The molecule has 0 fully saturated rings. The molecule has 0 amide bonds. The number of ether oxygens (including phenoxy) is 1. The number of carboxylic acid groups (broad SMARTS) is 1. The zero-order chi connectivity index (χ0) is 12.7. The van der Waals surface area contributed by atoms with E-state index in [0.717, 1.165) is 11.8 Å². The Hall–Kier alpha value is -1.22. The average Bonchev–Trinajstić information content (AvgIpc) is 2.69. The second kappa shape index (κ2) is 7.17. The third-order valence-corrected chi connectivity index (χ3v) is 2.40. The van der Waals surface area contributed by atoms with Crippen molar-refractivity contribution in [1.82, 2.24) is 15.2 Å². The first kappa shape index (κ1) is 13.8. The number of aromatic amines is 1. The Morgan fingerprint density at radius 1 is 1.59 bits per heavy atom. The van der Waals surface area contributed by atoms with Crippen LogP contribution in [0.5, 0.6) is 0 Å². The number of aromatic nitrogens is 3. The lowest BCUT2D eigenvalue weighted by Crippen LogP contribution is -2.07. The Bertz CT molecular complexity index is 362. The van der Waals surface area contributed by atoms with Crippen LogP contribution in [0.3, 0.4) is 0 Å². The Morgan fingerprint density at radius 2 is 2.35 bits per heavy atom. The number of alkyl halides is 2. The number of aliphatic carboxylic acids is 1. The minimum Gasteiger partial charge on any atom is -0.481 e. The first-order valence-corrected chi connectivity index (χ1v) is 5.68. The molecule has 0 saturated carbocycles. The van der Waals surface area contributed by atoms with E-state index >= 15 is 0 Å². The zero-order valence-corrected chi connectivity index (χ0v) is 9.54. The molecule has 0 saturated heterocycles. The lowest BCUT2D eigenvalue weighted by Gasteiger charge is -2.00. The monoisotopic (exact) mass is 267 g/mol.